The largest absolute Gasteiger partial charge is 0.0916 e. The van der Waals surface area contributed by atoms with E-state index in [0.29, 0.717) is 11.3 Å². The highest BCUT2D eigenvalue weighted by Gasteiger charge is 2.16. The van der Waals surface area contributed by atoms with E-state index >= 15 is 0 Å². The lowest BCUT2D eigenvalue weighted by atomic mass is 9.81. The van der Waals surface area contributed by atoms with Crippen LogP contribution >= 0.6 is 0 Å². The van der Waals surface area contributed by atoms with Crippen LogP contribution < -0.4 is 0 Å². The zero-order valence-corrected chi connectivity index (χ0v) is 8.35. The fraction of sp³-hybridized carbons (Fsp3) is 0.727. The van der Waals surface area contributed by atoms with Gasteiger partial charge in [0.05, 0.1) is 0 Å². The SMILES string of the molecule is [CH2]C(C)CC(C)(C)CC=CC. The molecule has 0 N–H and O–H groups in total. The Morgan fingerprint density at radius 2 is 2.00 bits per heavy atom. The van der Waals surface area contributed by atoms with Gasteiger partial charge < -0.3 is 0 Å². The van der Waals surface area contributed by atoms with E-state index < -0.39 is 0 Å². The lowest BCUT2D eigenvalue weighted by Crippen LogP contribution is -2.13. The zero-order valence-electron chi connectivity index (χ0n) is 8.35. The molecule has 0 aliphatic rings. The van der Waals surface area contributed by atoms with Crippen molar-refractivity contribution in [2.75, 3.05) is 0 Å². The van der Waals surface area contributed by atoms with E-state index in [-0.39, 0.29) is 0 Å². The van der Waals surface area contributed by atoms with E-state index in [1.165, 1.54) is 12.8 Å². The average Bonchev–Trinajstić information content (AvgIpc) is 1.81. The Balaban J connectivity index is 3.79. The lowest BCUT2D eigenvalue weighted by Gasteiger charge is -2.24. The summed E-state index contributed by atoms with van der Waals surface area (Å²) in [6.07, 6.45) is 6.73. The molecule has 65 valence electrons. The molecule has 0 aromatic carbocycles. The zero-order chi connectivity index (χ0) is 8.91. The van der Waals surface area contributed by atoms with Crippen LogP contribution in [0.25, 0.3) is 0 Å². The van der Waals surface area contributed by atoms with Gasteiger partial charge in [0.1, 0.15) is 0 Å². The van der Waals surface area contributed by atoms with Crippen LogP contribution in [0.1, 0.15) is 40.5 Å². The molecule has 1 radical (unpaired) electrons. The van der Waals surface area contributed by atoms with Crippen molar-refractivity contribution in [3.8, 4) is 0 Å². The van der Waals surface area contributed by atoms with Crippen molar-refractivity contribution < 1.29 is 0 Å². The molecule has 0 nitrogen and oxygen atoms in total. The van der Waals surface area contributed by atoms with Gasteiger partial charge >= 0.3 is 0 Å². The standard InChI is InChI=1S/C11H21/c1-6-7-8-11(4,5)9-10(2)3/h6-7,10H,2,8-9H2,1,3-5H3. The fourth-order valence-corrected chi connectivity index (χ4v) is 1.46. The molecule has 0 aliphatic heterocycles. The fourth-order valence-electron chi connectivity index (χ4n) is 1.46. The summed E-state index contributed by atoms with van der Waals surface area (Å²) in [5.74, 6) is 0.565. The van der Waals surface area contributed by atoms with Crippen molar-refractivity contribution in [2.45, 2.75) is 40.5 Å². The van der Waals surface area contributed by atoms with Crippen molar-refractivity contribution >= 4 is 0 Å². The summed E-state index contributed by atoms with van der Waals surface area (Å²) >= 11 is 0. The van der Waals surface area contributed by atoms with Crippen LogP contribution in [-0.4, -0.2) is 0 Å². The van der Waals surface area contributed by atoms with Gasteiger partial charge in [-0.3, -0.25) is 0 Å². The lowest BCUT2D eigenvalue weighted by molar-refractivity contribution is 0.303. The van der Waals surface area contributed by atoms with Gasteiger partial charge in [0.25, 0.3) is 0 Å². The van der Waals surface area contributed by atoms with Gasteiger partial charge in [0.15, 0.2) is 0 Å². The molecule has 0 aromatic heterocycles. The summed E-state index contributed by atoms with van der Waals surface area (Å²) in [6.45, 7) is 12.9. The first kappa shape index (κ1) is 10.7. The summed E-state index contributed by atoms with van der Waals surface area (Å²) in [4.78, 5) is 0. The Bertz CT molecular complexity index is 118. The van der Waals surface area contributed by atoms with Crippen LogP contribution in [0.15, 0.2) is 12.2 Å². The molecular formula is C11H21. The Morgan fingerprint density at radius 1 is 1.45 bits per heavy atom. The van der Waals surface area contributed by atoms with Crippen LogP contribution in [0.2, 0.25) is 0 Å². The molecule has 0 saturated heterocycles. The molecule has 1 atom stereocenters. The minimum absolute atomic E-state index is 0.424. The molecule has 0 heteroatoms. The molecule has 0 fully saturated rings. The van der Waals surface area contributed by atoms with Crippen molar-refractivity contribution in [2.24, 2.45) is 11.3 Å². The Morgan fingerprint density at radius 3 is 2.36 bits per heavy atom. The summed E-state index contributed by atoms with van der Waals surface area (Å²) in [5, 5.41) is 0. The van der Waals surface area contributed by atoms with Gasteiger partial charge in [-0.05, 0) is 31.1 Å². The van der Waals surface area contributed by atoms with Gasteiger partial charge in [-0.1, -0.05) is 39.8 Å². The molecular weight excluding hydrogens is 132 g/mol. The topological polar surface area (TPSA) is 0 Å². The predicted octanol–water partition coefficient (Wildman–Crippen LogP) is 3.84. The third-order valence-corrected chi connectivity index (χ3v) is 1.81. The van der Waals surface area contributed by atoms with Crippen molar-refractivity contribution in [1.82, 2.24) is 0 Å². The molecule has 11 heavy (non-hydrogen) atoms. The first-order chi connectivity index (χ1) is 4.98. The third kappa shape index (κ3) is 6.15. The molecule has 0 rings (SSSR count). The number of hydrogen-bond acceptors (Lipinski definition) is 0. The minimum atomic E-state index is 0.424. The van der Waals surface area contributed by atoms with Gasteiger partial charge in [0.2, 0.25) is 0 Å². The molecule has 0 amide bonds. The van der Waals surface area contributed by atoms with Gasteiger partial charge in [-0.25, -0.2) is 0 Å². The maximum Gasteiger partial charge on any atom is -0.0299 e. The van der Waals surface area contributed by atoms with Gasteiger partial charge in [-0.15, -0.1) is 0 Å². The molecule has 0 aromatic rings. The van der Waals surface area contributed by atoms with E-state index in [4.69, 9.17) is 0 Å². The minimum Gasteiger partial charge on any atom is -0.0916 e. The first-order valence-electron chi connectivity index (χ1n) is 4.42. The van der Waals surface area contributed by atoms with Crippen LogP contribution in [-0.2, 0) is 0 Å². The summed E-state index contributed by atoms with van der Waals surface area (Å²) in [7, 11) is 0. The van der Waals surface area contributed by atoms with Crippen molar-refractivity contribution in [3.05, 3.63) is 19.1 Å². The van der Waals surface area contributed by atoms with E-state index in [1.54, 1.807) is 0 Å². The average molecular weight is 153 g/mol. The highest BCUT2D eigenvalue weighted by Crippen LogP contribution is 2.29. The number of allylic oxidation sites excluding steroid dienone is 2. The Labute approximate surface area is 71.7 Å². The van der Waals surface area contributed by atoms with Crippen molar-refractivity contribution in [1.29, 1.82) is 0 Å². The molecule has 0 aliphatic carbocycles. The van der Waals surface area contributed by atoms with E-state index in [1.807, 2.05) is 0 Å². The van der Waals surface area contributed by atoms with Gasteiger partial charge in [0, 0.05) is 0 Å². The second kappa shape index (κ2) is 4.58. The molecule has 0 heterocycles. The Kier molecular flexibility index (Phi) is 4.48. The van der Waals surface area contributed by atoms with Crippen molar-refractivity contribution in [3.63, 3.8) is 0 Å². The second-order valence-corrected chi connectivity index (χ2v) is 4.25. The molecule has 0 spiro atoms. The quantitative estimate of drug-likeness (QED) is 0.538. The van der Waals surface area contributed by atoms with E-state index in [0.717, 1.165) is 0 Å². The normalized spacial score (nSPS) is 13.3. The Hall–Kier alpha value is -0.260. The van der Waals surface area contributed by atoms with Crippen LogP contribution in [0, 0.1) is 18.3 Å². The molecule has 0 bridgehead atoms. The summed E-state index contributed by atoms with van der Waals surface area (Å²) < 4.78 is 0. The van der Waals surface area contributed by atoms with Crippen LogP contribution in [0.3, 0.4) is 0 Å². The van der Waals surface area contributed by atoms with Gasteiger partial charge in [-0.2, -0.15) is 0 Å². The van der Waals surface area contributed by atoms with Crippen LogP contribution in [0.4, 0.5) is 0 Å². The van der Waals surface area contributed by atoms with E-state index in [9.17, 15) is 0 Å². The summed E-state index contributed by atoms with van der Waals surface area (Å²) in [5.41, 5.74) is 0.424. The molecule has 1 unspecified atom stereocenters. The van der Waals surface area contributed by atoms with E-state index in [2.05, 4.69) is 46.8 Å². The molecule has 0 saturated carbocycles. The third-order valence-electron chi connectivity index (χ3n) is 1.81. The monoisotopic (exact) mass is 153 g/mol. The van der Waals surface area contributed by atoms with Crippen LogP contribution in [0.5, 0.6) is 0 Å². The maximum absolute atomic E-state index is 4.01. The summed E-state index contributed by atoms with van der Waals surface area (Å²) in [6, 6.07) is 0. The number of hydrogen-bond donors (Lipinski definition) is 0. The highest BCUT2D eigenvalue weighted by molar-refractivity contribution is 4.85. The highest BCUT2D eigenvalue weighted by atomic mass is 14.2. The smallest absolute Gasteiger partial charge is 0.0299 e. The first-order valence-corrected chi connectivity index (χ1v) is 4.42. The maximum atomic E-state index is 4.01. The second-order valence-electron chi connectivity index (χ2n) is 4.25. The number of rotatable bonds is 4. The predicted molar refractivity (Wildman–Crippen MR) is 52.4 cm³/mol.